The fraction of sp³-hybridized carbons (Fsp3) is 0.429. The number of ether oxygens (including phenoxy) is 1. The van der Waals surface area contributed by atoms with Gasteiger partial charge in [-0.15, -0.1) is 0 Å². The van der Waals surface area contributed by atoms with Gasteiger partial charge < -0.3 is 15.0 Å². The van der Waals surface area contributed by atoms with Crippen molar-refractivity contribution in [1.82, 2.24) is 0 Å². The maximum Gasteiger partial charge on any atom is 0.156 e. The van der Waals surface area contributed by atoms with Crippen LogP contribution in [0.3, 0.4) is 0 Å². The monoisotopic (exact) mass is 426 g/mol. The van der Waals surface area contributed by atoms with Gasteiger partial charge in [-0.2, -0.15) is 0 Å². The first-order valence-electron chi connectivity index (χ1n) is 9.37. The van der Waals surface area contributed by atoms with Crippen molar-refractivity contribution in [3.63, 3.8) is 0 Å². The minimum Gasteiger partial charge on any atom is -0.488 e. The topological polar surface area (TPSA) is 24.5 Å². The average Bonchev–Trinajstić information content (AvgIpc) is 2.63. The van der Waals surface area contributed by atoms with Crippen molar-refractivity contribution in [3.8, 4) is 5.75 Å². The molecule has 0 radical (unpaired) electrons. The molecule has 3 rings (SSSR count). The minimum absolute atomic E-state index is 0.0181. The summed E-state index contributed by atoms with van der Waals surface area (Å²) in [5.74, 6) is 0.533. The molecule has 1 heterocycles. The third-order valence-corrected chi connectivity index (χ3v) is 5.42. The van der Waals surface area contributed by atoms with Gasteiger partial charge in [0, 0.05) is 25.3 Å². The van der Waals surface area contributed by atoms with Crippen molar-refractivity contribution < 1.29 is 4.74 Å². The molecule has 0 saturated carbocycles. The van der Waals surface area contributed by atoms with Crippen LogP contribution in [0.25, 0.3) is 0 Å². The molecule has 0 unspecified atom stereocenters. The van der Waals surface area contributed by atoms with Crippen LogP contribution in [-0.2, 0) is 6.54 Å². The maximum atomic E-state index is 6.52. The Kier molecular flexibility index (Phi) is 7.02. The summed E-state index contributed by atoms with van der Waals surface area (Å²) < 4.78 is 5.67. The summed E-state index contributed by atoms with van der Waals surface area (Å²) >= 11 is 19.2. The van der Waals surface area contributed by atoms with Crippen LogP contribution in [-0.4, -0.2) is 19.2 Å². The minimum atomic E-state index is 0.0181. The summed E-state index contributed by atoms with van der Waals surface area (Å²) in [6.07, 6.45) is 3.78. The zero-order valence-corrected chi connectivity index (χ0v) is 18.0. The lowest BCUT2D eigenvalue weighted by Gasteiger charge is -2.29. The van der Waals surface area contributed by atoms with Crippen LogP contribution in [0.5, 0.6) is 5.75 Å². The molecule has 0 amide bonds. The second kappa shape index (κ2) is 9.27. The SMILES string of the molecule is CC(C)Oc1c(Cl)cc(CNc2ccc(N3CCCCC3)c(Cl)c2)cc1Cl. The molecule has 1 aliphatic heterocycles. The van der Waals surface area contributed by atoms with E-state index in [9.17, 15) is 0 Å². The maximum absolute atomic E-state index is 6.52. The largest absolute Gasteiger partial charge is 0.488 e. The van der Waals surface area contributed by atoms with Gasteiger partial charge in [-0.1, -0.05) is 34.8 Å². The number of hydrogen-bond acceptors (Lipinski definition) is 3. The van der Waals surface area contributed by atoms with Crippen molar-refractivity contribution >= 4 is 46.2 Å². The molecule has 1 N–H and O–H groups in total. The Morgan fingerprint density at radius 3 is 2.22 bits per heavy atom. The molecule has 2 aromatic rings. The number of anilines is 2. The zero-order valence-electron chi connectivity index (χ0n) is 15.7. The second-order valence-corrected chi connectivity index (χ2v) is 8.34. The van der Waals surface area contributed by atoms with Gasteiger partial charge in [0.2, 0.25) is 0 Å². The van der Waals surface area contributed by atoms with E-state index in [-0.39, 0.29) is 6.10 Å². The van der Waals surface area contributed by atoms with Gasteiger partial charge in [-0.05, 0) is 69.0 Å². The molecule has 2 aromatic carbocycles. The molecule has 0 aliphatic carbocycles. The Morgan fingerprint density at radius 2 is 1.63 bits per heavy atom. The van der Waals surface area contributed by atoms with Crippen LogP contribution in [0.15, 0.2) is 30.3 Å². The van der Waals surface area contributed by atoms with Crippen molar-refractivity contribution in [2.75, 3.05) is 23.3 Å². The van der Waals surface area contributed by atoms with Gasteiger partial charge in [0.25, 0.3) is 0 Å². The highest BCUT2D eigenvalue weighted by molar-refractivity contribution is 6.37. The first kappa shape index (κ1) is 20.4. The lowest BCUT2D eigenvalue weighted by molar-refractivity contribution is 0.242. The van der Waals surface area contributed by atoms with Gasteiger partial charge in [-0.3, -0.25) is 0 Å². The average molecular weight is 428 g/mol. The summed E-state index contributed by atoms with van der Waals surface area (Å²) in [5.41, 5.74) is 3.07. The first-order valence-corrected chi connectivity index (χ1v) is 10.5. The van der Waals surface area contributed by atoms with Crippen LogP contribution in [0.1, 0.15) is 38.7 Å². The molecule has 1 aliphatic rings. The molecule has 6 heteroatoms. The van der Waals surface area contributed by atoms with Crippen molar-refractivity contribution in [2.24, 2.45) is 0 Å². The predicted molar refractivity (Wildman–Crippen MR) is 117 cm³/mol. The molecule has 1 fully saturated rings. The van der Waals surface area contributed by atoms with Gasteiger partial charge >= 0.3 is 0 Å². The lowest BCUT2D eigenvalue weighted by atomic mass is 10.1. The number of rotatable bonds is 6. The molecular formula is C21H25Cl3N2O. The molecule has 0 spiro atoms. The van der Waals surface area contributed by atoms with E-state index in [1.54, 1.807) is 0 Å². The Morgan fingerprint density at radius 1 is 0.963 bits per heavy atom. The van der Waals surface area contributed by atoms with Crippen LogP contribution in [0.2, 0.25) is 15.1 Å². The molecule has 1 saturated heterocycles. The Bertz CT molecular complexity index is 766. The van der Waals surface area contributed by atoms with Gasteiger partial charge in [0.15, 0.2) is 5.75 Å². The molecule has 146 valence electrons. The second-order valence-electron chi connectivity index (χ2n) is 7.12. The summed E-state index contributed by atoms with van der Waals surface area (Å²) in [7, 11) is 0. The Balaban J connectivity index is 1.67. The standard InChI is InChI=1S/C21H25Cl3N2O/c1-14(2)27-21-18(23)10-15(11-19(21)24)13-25-16-6-7-20(17(22)12-16)26-8-4-3-5-9-26/h6-7,10-12,14,25H,3-5,8-9,13H2,1-2H3. The summed E-state index contributed by atoms with van der Waals surface area (Å²) in [4.78, 5) is 2.36. The van der Waals surface area contributed by atoms with Crippen LogP contribution < -0.4 is 15.0 Å². The summed E-state index contributed by atoms with van der Waals surface area (Å²) in [6, 6.07) is 9.89. The number of piperidine rings is 1. The number of hydrogen-bond donors (Lipinski definition) is 1. The number of nitrogens with zero attached hydrogens (tertiary/aromatic N) is 1. The molecular weight excluding hydrogens is 403 g/mol. The molecule has 0 aromatic heterocycles. The smallest absolute Gasteiger partial charge is 0.156 e. The fourth-order valence-electron chi connectivity index (χ4n) is 3.27. The normalized spacial score (nSPS) is 14.5. The molecule has 27 heavy (non-hydrogen) atoms. The van der Waals surface area contributed by atoms with Gasteiger partial charge in [-0.25, -0.2) is 0 Å². The van der Waals surface area contributed by atoms with E-state index in [4.69, 9.17) is 39.5 Å². The number of benzene rings is 2. The van der Waals surface area contributed by atoms with Crippen LogP contribution in [0, 0.1) is 0 Å². The van der Waals surface area contributed by atoms with E-state index in [1.165, 1.54) is 19.3 Å². The van der Waals surface area contributed by atoms with E-state index in [2.05, 4.69) is 22.3 Å². The molecule has 0 bridgehead atoms. The van der Waals surface area contributed by atoms with Crippen molar-refractivity contribution in [3.05, 3.63) is 51.0 Å². The summed E-state index contributed by atoms with van der Waals surface area (Å²) in [6.45, 7) is 6.64. The van der Waals surface area contributed by atoms with E-state index in [1.807, 2.05) is 32.0 Å². The van der Waals surface area contributed by atoms with Crippen molar-refractivity contribution in [2.45, 2.75) is 45.8 Å². The Labute approximate surface area is 176 Å². The first-order chi connectivity index (χ1) is 12.9. The third-order valence-electron chi connectivity index (χ3n) is 4.55. The molecule has 3 nitrogen and oxygen atoms in total. The van der Waals surface area contributed by atoms with Crippen molar-refractivity contribution in [1.29, 1.82) is 0 Å². The van der Waals surface area contributed by atoms with E-state index >= 15 is 0 Å². The quantitative estimate of drug-likeness (QED) is 0.535. The highest BCUT2D eigenvalue weighted by Gasteiger charge is 2.14. The van der Waals surface area contributed by atoms with Crippen LogP contribution >= 0.6 is 34.8 Å². The zero-order chi connectivity index (χ0) is 19.4. The predicted octanol–water partition coefficient (Wildman–Crippen LogP) is 7.04. The Hall–Kier alpha value is -1.29. The van der Waals surface area contributed by atoms with Gasteiger partial charge in [0.1, 0.15) is 0 Å². The van der Waals surface area contributed by atoms with Gasteiger partial charge in [0.05, 0.1) is 26.9 Å². The highest BCUT2D eigenvalue weighted by atomic mass is 35.5. The van der Waals surface area contributed by atoms with E-state index < -0.39 is 0 Å². The fourth-order valence-corrected chi connectivity index (χ4v) is 4.20. The highest BCUT2D eigenvalue weighted by Crippen LogP contribution is 2.35. The molecule has 0 atom stereocenters. The lowest BCUT2D eigenvalue weighted by Crippen LogP contribution is -2.29. The van der Waals surface area contributed by atoms with E-state index in [0.717, 1.165) is 35.1 Å². The number of nitrogens with one attached hydrogen (secondary N) is 1. The van der Waals surface area contributed by atoms with Crippen LogP contribution in [0.4, 0.5) is 11.4 Å². The summed E-state index contributed by atoms with van der Waals surface area (Å²) in [5, 5.41) is 5.20. The van der Waals surface area contributed by atoms with E-state index in [0.29, 0.717) is 22.3 Å². The third kappa shape index (κ3) is 5.37. The number of halogens is 3.